The molecule has 2 aromatic heterocycles. The molecule has 21 heavy (non-hydrogen) atoms. The topological polar surface area (TPSA) is 68.2 Å². The number of likely N-dealkylation sites (N-methyl/N-ethyl adjacent to an activating group) is 1. The van der Waals surface area contributed by atoms with E-state index in [1.165, 1.54) is 6.33 Å². The Kier molecular flexibility index (Phi) is 4.94. The second-order valence-corrected chi connectivity index (χ2v) is 4.79. The SMILES string of the molecule is COC(C)CN(C)C(=O)c1ccnc(-c2cncnc2)c1. The van der Waals surface area contributed by atoms with Gasteiger partial charge in [-0.3, -0.25) is 9.78 Å². The summed E-state index contributed by atoms with van der Waals surface area (Å²) in [5.41, 5.74) is 2.03. The van der Waals surface area contributed by atoms with Gasteiger partial charge in [0.1, 0.15) is 6.33 Å². The van der Waals surface area contributed by atoms with Gasteiger partial charge in [-0.15, -0.1) is 0 Å². The molecule has 6 heteroatoms. The quantitative estimate of drug-likeness (QED) is 0.836. The summed E-state index contributed by atoms with van der Waals surface area (Å²) in [6.07, 6.45) is 6.39. The van der Waals surface area contributed by atoms with Crippen LogP contribution in [0.4, 0.5) is 0 Å². The summed E-state index contributed by atoms with van der Waals surface area (Å²) in [6.45, 7) is 2.45. The smallest absolute Gasteiger partial charge is 0.253 e. The van der Waals surface area contributed by atoms with Gasteiger partial charge in [0.25, 0.3) is 5.91 Å². The van der Waals surface area contributed by atoms with Crippen LogP contribution in [0.3, 0.4) is 0 Å². The van der Waals surface area contributed by atoms with Gasteiger partial charge in [0.05, 0.1) is 11.8 Å². The lowest BCUT2D eigenvalue weighted by atomic mass is 10.1. The van der Waals surface area contributed by atoms with Crippen molar-refractivity contribution in [1.29, 1.82) is 0 Å². The Hall–Kier alpha value is -2.34. The van der Waals surface area contributed by atoms with Gasteiger partial charge in [-0.1, -0.05) is 0 Å². The molecule has 0 aliphatic heterocycles. The zero-order valence-electron chi connectivity index (χ0n) is 12.4. The highest BCUT2D eigenvalue weighted by molar-refractivity contribution is 5.94. The first kappa shape index (κ1) is 15.1. The van der Waals surface area contributed by atoms with Crippen LogP contribution in [0.25, 0.3) is 11.3 Å². The summed E-state index contributed by atoms with van der Waals surface area (Å²) in [7, 11) is 3.38. The Morgan fingerprint density at radius 1 is 1.38 bits per heavy atom. The molecule has 1 unspecified atom stereocenters. The van der Waals surface area contributed by atoms with E-state index in [-0.39, 0.29) is 12.0 Å². The summed E-state index contributed by atoms with van der Waals surface area (Å²) in [6, 6.07) is 3.44. The Labute approximate surface area is 123 Å². The number of ether oxygens (including phenoxy) is 1. The molecule has 6 nitrogen and oxygen atoms in total. The number of aromatic nitrogens is 3. The predicted molar refractivity (Wildman–Crippen MR) is 78.7 cm³/mol. The number of methoxy groups -OCH3 is 1. The van der Waals surface area contributed by atoms with Gasteiger partial charge in [-0.2, -0.15) is 0 Å². The largest absolute Gasteiger partial charge is 0.380 e. The van der Waals surface area contributed by atoms with Crippen molar-refractivity contribution in [3.63, 3.8) is 0 Å². The fourth-order valence-corrected chi connectivity index (χ4v) is 1.92. The molecule has 0 spiro atoms. The van der Waals surface area contributed by atoms with Crippen molar-refractivity contribution in [2.45, 2.75) is 13.0 Å². The van der Waals surface area contributed by atoms with Gasteiger partial charge in [0.2, 0.25) is 0 Å². The molecule has 0 bridgehead atoms. The predicted octanol–water partition coefficient (Wildman–Crippen LogP) is 1.65. The monoisotopic (exact) mass is 286 g/mol. The van der Waals surface area contributed by atoms with Gasteiger partial charge < -0.3 is 9.64 Å². The molecule has 0 saturated heterocycles. The van der Waals surface area contributed by atoms with Crippen molar-refractivity contribution in [3.8, 4) is 11.3 Å². The van der Waals surface area contributed by atoms with E-state index in [9.17, 15) is 4.79 Å². The number of rotatable bonds is 5. The normalized spacial score (nSPS) is 12.0. The lowest BCUT2D eigenvalue weighted by Crippen LogP contribution is -2.33. The summed E-state index contributed by atoms with van der Waals surface area (Å²) in [5.74, 6) is -0.0700. The van der Waals surface area contributed by atoms with E-state index in [0.29, 0.717) is 17.8 Å². The fraction of sp³-hybridized carbons (Fsp3) is 0.333. The third-order valence-electron chi connectivity index (χ3n) is 3.14. The molecule has 2 rings (SSSR count). The van der Waals surface area contributed by atoms with Crippen LogP contribution in [0.1, 0.15) is 17.3 Å². The molecule has 0 fully saturated rings. The minimum atomic E-state index is -0.0700. The highest BCUT2D eigenvalue weighted by Gasteiger charge is 2.15. The number of hydrogen-bond donors (Lipinski definition) is 0. The number of pyridine rings is 1. The van der Waals surface area contributed by atoms with E-state index < -0.39 is 0 Å². The van der Waals surface area contributed by atoms with Crippen LogP contribution in [0.2, 0.25) is 0 Å². The number of carbonyl (C=O) groups excluding carboxylic acids is 1. The van der Waals surface area contributed by atoms with Gasteiger partial charge in [-0.05, 0) is 19.1 Å². The molecule has 2 heterocycles. The Bertz CT molecular complexity index is 604. The first-order valence-corrected chi connectivity index (χ1v) is 6.61. The molecule has 0 radical (unpaired) electrons. The maximum absolute atomic E-state index is 12.4. The van der Waals surface area contributed by atoms with Crippen molar-refractivity contribution in [2.75, 3.05) is 20.7 Å². The molecule has 110 valence electrons. The first-order chi connectivity index (χ1) is 10.1. The third kappa shape index (κ3) is 3.82. The number of nitrogens with zero attached hydrogens (tertiary/aromatic N) is 4. The molecular formula is C15H18N4O2. The van der Waals surface area contributed by atoms with Gasteiger partial charge in [0, 0.05) is 50.4 Å². The number of carbonyl (C=O) groups is 1. The van der Waals surface area contributed by atoms with E-state index >= 15 is 0 Å². The molecule has 1 amide bonds. The number of hydrogen-bond acceptors (Lipinski definition) is 5. The summed E-state index contributed by atoms with van der Waals surface area (Å²) < 4.78 is 5.18. The minimum absolute atomic E-state index is 0.0113. The van der Waals surface area contributed by atoms with Crippen molar-refractivity contribution in [3.05, 3.63) is 42.6 Å². The molecule has 0 saturated carbocycles. The first-order valence-electron chi connectivity index (χ1n) is 6.61. The minimum Gasteiger partial charge on any atom is -0.380 e. The second-order valence-electron chi connectivity index (χ2n) is 4.79. The Morgan fingerprint density at radius 3 is 2.76 bits per heavy atom. The molecule has 1 atom stereocenters. The third-order valence-corrected chi connectivity index (χ3v) is 3.14. The average Bonchev–Trinajstić information content (AvgIpc) is 2.54. The van der Waals surface area contributed by atoms with E-state index in [1.54, 1.807) is 49.8 Å². The fourth-order valence-electron chi connectivity index (χ4n) is 1.92. The zero-order chi connectivity index (χ0) is 15.2. The second kappa shape index (κ2) is 6.90. The average molecular weight is 286 g/mol. The van der Waals surface area contributed by atoms with Crippen molar-refractivity contribution in [2.24, 2.45) is 0 Å². The maximum atomic E-state index is 12.4. The Balaban J connectivity index is 2.19. The van der Waals surface area contributed by atoms with Crippen LogP contribution in [0.15, 0.2) is 37.1 Å². The van der Waals surface area contributed by atoms with Crippen LogP contribution in [-0.2, 0) is 4.74 Å². The van der Waals surface area contributed by atoms with E-state index in [1.807, 2.05) is 6.92 Å². The van der Waals surface area contributed by atoms with Crippen LogP contribution < -0.4 is 0 Å². The van der Waals surface area contributed by atoms with Crippen LogP contribution in [0, 0.1) is 0 Å². The molecule has 0 aliphatic carbocycles. The van der Waals surface area contributed by atoms with E-state index in [4.69, 9.17) is 4.74 Å². The molecule has 2 aromatic rings. The van der Waals surface area contributed by atoms with Crippen molar-refractivity contribution >= 4 is 5.91 Å². The molecule has 0 aliphatic rings. The van der Waals surface area contributed by atoms with Crippen LogP contribution in [0.5, 0.6) is 0 Å². The maximum Gasteiger partial charge on any atom is 0.253 e. The zero-order valence-corrected chi connectivity index (χ0v) is 12.4. The Morgan fingerprint density at radius 2 is 2.10 bits per heavy atom. The summed E-state index contributed by atoms with van der Waals surface area (Å²) in [4.78, 5) is 26.2. The van der Waals surface area contributed by atoms with Gasteiger partial charge in [0.15, 0.2) is 0 Å². The molecular weight excluding hydrogens is 268 g/mol. The lowest BCUT2D eigenvalue weighted by molar-refractivity contribution is 0.0600. The van der Waals surface area contributed by atoms with Crippen LogP contribution >= 0.6 is 0 Å². The lowest BCUT2D eigenvalue weighted by Gasteiger charge is -2.20. The summed E-state index contributed by atoms with van der Waals surface area (Å²) >= 11 is 0. The van der Waals surface area contributed by atoms with Crippen molar-refractivity contribution < 1.29 is 9.53 Å². The molecule has 0 N–H and O–H groups in total. The van der Waals surface area contributed by atoms with Crippen molar-refractivity contribution in [1.82, 2.24) is 19.9 Å². The van der Waals surface area contributed by atoms with E-state index in [2.05, 4.69) is 15.0 Å². The number of amides is 1. The van der Waals surface area contributed by atoms with E-state index in [0.717, 1.165) is 5.56 Å². The standard InChI is InChI=1S/C15H18N4O2/c1-11(21-3)9-19(2)15(20)12-4-5-18-14(6-12)13-7-16-10-17-8-13/h4-8,10-11H,9H2,1-3H3. The van der Waals surface area contributed by atoms with Gasteiger partial charge >= 0.3 is 0 Å². The molecule has 0 aromatic carbocycles. The summed E-state index contributed by atoms with van der Waals surface area (Å²) in [5, 5.41) is 0. The highest BCUT2D eigenvalue weighted by Crippen LogP contribution is 2.16. The van der Waals surface area contributed by atoms with Gasteiger partial charge in [-0.25, -0.2) is 9.97 Å². The van der Waals surface area contributed by atoms with Crippen LogP contribution in [-0.4, -0.2) is 52.6 Å². The highest BCUT2D eigenvalue weighted by atomic mass is 16.5.